The van der Waals surface area contributed by atoms with Crippen LogP contribution in [0.3, 0.4) is 0 Å². The first-order valence-electron chi connectivity index (χ1n) is 5.44. The topological polar surface area (TPSA) is 38.9 Å². The van der Waals surface area contributed by atoms with Crippen molar-refractivity contribution in [1.82, 2.24) is 9.97 Å². The number of benzene rings is 1. The van der Waals surface area contributed by atoms with Crippen LogP contribution in [0.25, 0.3) is 23.1 Å². The van der Waals surface area contributed by atoms with Crippen LogP contribution in [0, 0.1) is 0 Å². The second-order valence-corrected chi connectivity index (χ2v) is 4.23. The van der Waals surface area contributed by atoms with Crippen molar-refractivity contribution < 1.29 is 4.42 Å². The van der Waals surface area contributed by atoms with Gasteiger partial charge in [0.15, 0.2) is 0 Å². The van der Waals surface area contributed by atoms with Crippen LogP contribution < -0.4 is 0 Å². The lowest BCUT2D eigenvalue weighted by Gasteiger charge is -1.97. The van der Waals surface area contributed by atoms with Gasteiger partial charge in [-0.05, 0) is 30.4 Å². The van der Waals surface area contributed by atoms with Gasteiger partial charge in [0, 0.05) is 28.4 Å². The van der Waals surface area contributed by atoms with Crippen molar-refractivity contribution >= 4 is 34.7 Å². The number of aromatic nitrogens is 2. The summed E-state index contributed by atoms with van der Waals surface area (Å²) < 4.78 is 5.45. The fourth-order valence-corrected chi connectivity index (χ4v) is 2.00. The first kappa shape index (κ1) is 11.0. The number of fused-ring (bicyclic) bond motifs is 1. The summed E-state index contributed by atoms with van der Waals surface area (Å²) in [5.74, 6) is 0. The lowest BCUT2D eigenvalue weighted by atomic mass is 10.1. The Morgan fingerprint density at radius 1 is 1.17 bits per heavy atom. The van der Waals surface area contributed by atoms with Gasteiger partial charge < -0.3 is 4.42 Å². The molecule has 3 rings (SSSR count). The van der Waals surface area contributed by atoms with E-state index in [1.807, 2.05) is 30.4 Å². The Bertz CT molecular complexity index is 704. The molecule has 0 aliphatic carbocycles. The van der Waals surface area contributed by atoms with E-state index in [1.54, 1.807) is 24.9 Å². The minimum atomic E-state index is 0.683. The standard InChI is InChI=1S/C14H9ClN2O/c15-12-7-10(14-11(8-12)3-6-18-14)1-2-13-9-16-4-5-17-13/h1-9H/b2-1+. The average Bonchev–Trinajstić information content (AvgIpc) is 2.85. The van der Waals surface area contributed by atoms with Crippen molar-refractivity contribution in [3.8, 4) is 0 Å². The molecule has 2 heterocycles. The summed E-state index contributed by atoms with van der Waals surface area (Å²) in [7, 11) is 0. The Kier molecular flexibility index (Phi) is 2.82. The van der Waals surface area contributed by atoms with Crippen LogP contribution in [-0.2, 0) is 0 Å². The summed E-state index contributed by atoms with van der Waals surface area (Å²) in [5, 5.41) is 1.67. The molecule has 0 bridgehead atoms. The molecule has 0 atom stereocenters. The van der Waals surface area contributed by atoms with E-state index in [0.717, 1.165) is 22.2 Å². The number of halogens is 1. The SMILES string of the molecule is Clc1cc(/C=C/c2cnccn2)c2occc2c1. The molecule has 2 aromatic heterocycles. The molecule has 1 aromatic carbocycles. The molecule has 0 amide bonds. The van der Waals surface area contributed by atoms with E-state index in [-0.39, 0.29) is 0 Å². The van der Waals surface area contributed by atoms with Crippen LogP contribution in [0.15, 0.2) is 47.5 Å². The molecule has 0 saturated carbocycles. The molecule has 3 aromatic rings. The van der Waals surface area contributed by atoms with Crippen molar-refractivity contribution in [2.75, 3.05) is 0 Å². The molecule has 0 saturated heterocycles. The summed E-state index contributed by atoms with van der Waals surface area (Å²) in [4.78, 5) is 8.17. The zero-order valence-electron chi connectivity index (χ0n) is 9.38. The fraction of sp³-hybridized carbons (Fsp3) is 0. The quantitative estimate of drug-likeness (QED) is 0.694. The first-order chi connectivity index (χ1) is 8.83. The monoisotopic (exact) mass is 256 g/mol. The van der Waals surface area contributed by atoms with E-state index in [2.05, 4.69) is 9.97 Å². The highest BCUT2D eigenvalue weighted by Crippen LogP contribution is 2.26. The second kappa shape index (κ2) is 4.63. The second-order valence-electron chi connectivity index (χ2n) is 3.80. The van der Waals surface area contributed by atoms with Crippen LogP contribution in [0.2, 0.25) is 5.02 Å². The van der Waals surface area contributed by atoms with E-state index >= 15 is 0 Å². The molecular weight excluding hydrogens is 248 g/mol. The van der Waals surface area contributed by atoms with Gasteiger partial charge in [0.05, 0.1) is 18.2 Å². The number of nitrogens with zero attached hydrogens (tertiary/aromatic N) is 2. The summed E-state index contributed by atoms with van der Waals surface area (Å²) in [6.07, 6.45) is 10.4. The minimum absolute atomic E-state index is 0.683. The summed E-state index contributed by atoms with van der Waals surface area (Å²) in [5.41, 5.74) is 2.53. The molecular formula is C14H9ClN2O. The largest absolute Gasteiger partial charge is 0.464 e. The first-order valence-corrected chi connectivity index (χ1v) is 5.81. The predicted octanol–water partition coefficient (Wildman–Crippen LogP) is 4.05. The third kappa shape index (κ3) is 2.13. The molecule has 0 N–H and O–H groups in total. The van der Waals surface area contributed by atoms with E-state index in [1.165, 1.54) is 0 Å². The van der Waals surface area contributed by atoms with Gasteiger partial charge in [-0.15, -0.1) is 0 Å². The van der Waals surface area contributed by atoms with E-state index < -0.39 is 0 Å². The molecule has 3 nitrogen and oxygen atoms in total. The number of rotatable bonds is 2. The highest BCUT2D eigenvalue weighted by atomic mass is 35.5. The van der Waals surface area contributed by atoms with Crippen LogP contribution in [0.1, 0.15) is 11.3 Å². The molecule has 0 aliphatic heterocycles. The molecule has 0 spiro atoms. The van der Waals surface area contributed by atoms with Crippen LogP contribution in [0.5, 0.6) is 0 Å². The molecule has 18 heavy (non-hydrogen) atoms. The molecule has 4 heteroatoms. The maximum absolute atomic E-state index is 6.06. The number of furan rings is 1. The Labute approximate surface area is 109 Å². The van der Waals surface area contributed by atoms with Crippen molar-refractivity contribution in [2.45, 2.75) is 0 Å². The Morgan fingerprint density at radius 3 is 2.94 bits per heavy atom. The van der Waals surface area contributed by atoms with Crippen molar-refractivity contribution in [3.05, 3.63) is 59.3 Å². The summed E-state index contributed by atoms with van der Waals surface area (Å²) in [6.45, 7) is 0. The molecule has 88 valence electrons. The van der Waals surface area contributed by atoms with Gasteiger partial charge in [0.2, 0.25) is 0 Å². The van der Waals surface area contributed by atoms with Gasteiger partial charge in [-0.2, -0.15) is 0 Å². The van der Waals surface area contributed by atoms with Crippen molar-refractivity contribution in [3.63, 3.8) is 0 Å². The summed E-state index contributed by atoms with van der Waals surface area (Å²) >= 11 is 6.06. The summed E-state index contributed by atoms with van der Waals surface area (Å²) in [6, 6.07) is 5.63. The van der Waals surface area contributed by atoms with Crippen LogP contribution >= 0.6 is 11.6 Å². The van der Waals surface area contributed by atoms with Gasteiger partial charge >= 0.3 is 0 Å². The van der Waals surface area contributed by atoms with E-state index in [4.69, 9.17) is 16.0 Å². The Hall–Kier alpha value is -2.13. The average molecular weight is 257 g/mol. The predicted molar refractivity (Wildman–Crippen MR) is 72.2 cm³/mol. The smallest absolute Gasteiger partial charge is 0.141 e. The van der Waals surface area contributed by atoms with E-state index in [0.29, 0.717) is 5.02 Å². The van der Waals surface area contributed by atoms with Crippen molar-refractivity contribution in [2.24, 2.45) is 0 Å². The zero-order valence-corrected chi connectivity index (χ0v) is 10.1. The molecule has 0 unspecified atom stereocenters. The molecule has 0 radical (unpaired) electrons. The number of hydrogen-bond donors (Lipinski definition) is 0. The minimum Gasteiger partial charge on any atom is -0.464 e. The highest BCUT2D eigenvalue weighted by molar-refractivity contribution is 6.31. The zero-order chi connectivity index (χ0) is 12.4. The van der Waals surface area contributed by atoms with E-state index in [9.17, 15) is 0 Å². The van der Waals surface area contributed by atoms with Gasteiger partial charge in [0.25, 0.3) is 0 Å². The van der Waals surface area contributed by atoms with Gasteiger partial charge in [0.1, 0.15) is 5.58 Å². The maximum atomic E-state index is 6.06. The third-order valence-corrected chi connectivity index (χ3v) is 2.78. The van der Waals surface area contributed by atoms with Gasteiger partial charge in [-0.3, -0.25) is 9.97 Å². The Balaban J connectivity index is 2.04. The lowest BCUT2D eigenvalue weighted by molar-refractivity contribution is 0.615. The lowest BCUT2D eigenvalue weighted by Crippen LogP contribution is -1.80. The molecule has 0 aliphatic rings. The number of hydrogen-bond acceptors (Lipinski definition) is 3. The van der Waals surface area contributed by atoms with Crippen LogP contribution in [-0.4, -0.2) is 9.97 Å². The normalized spacial score (nSPS) is 11.4. The maximum Gasteiger partial charge on any atom is 0.141 e. The molecule has 0 fully saturated rings. The Morgan fingerprint density at radius 2 is 2.11 bits per heavy atom. The fourth-order valence-electron chi connectivity index (χ4n) is 1.77. The van der Waals surface area contributed by atoms with Gasteiger partial charge in [-0.1, -0.05) is 11.6 Å². The third-order valence-electron chi connectivity index (χ3n) is 2.56. The van der Waals surface area contributed by atoms with Crippen LogP contribution in [0.4, 0.5) is 0 Å². The van der Waals surface area contributed by atoms with Crippen molar-refractivity contribution in [1.29, 1.82) is 0 Å². The van der Waals surface area contributed by atoms with Gasteiger partial charge in [-0.25, -0.2) is 0 Å². The highest BCUT2D eigenvalue weighted by Gasteiger charge is 2.03.